The number of rotatable bonds is 3. The van der Waals surface area contributed by atoms with E-state index in [0.29, 0.717) is 0 Å². The van der Waals surface area contributed by atoms with Crippen LogP contribution in [-0.2, 0) is 0 Å². The van der Waals surface area contributed by atoms with E-state index in [0.717, 1.165) is 13.0 Å². The second kappa shape index (κ2) is 5.38. The molecule has 2 heteroatoms. The zero-order chi connectivity index (χ0) is 10.4. The molecule has 0 unspecified atom stereocenters. The Balaban J connectivity index is 2.44. The summed E-state index contributed by atoms with van der Waals surface area (Å²) < 4.78 is 0. The monoisotopic (exact) mass is 196 g/mol. The Hall–Kier alpha value is -0.530. The molecule has 14 heavy (non-hydrogen) atoms. The highest BCUT2D eigenvalue weighted by Crippen LogP contribution is 2.13. The van der Waals surface area contributed by atoms with Crippen molar-refractivity contribution in [2.45, 2.75) is 64.8 Å². The maximum Gasteiger partial charge on any atom is 0.0967 e. The maximum atomic E-state index is 4.60. The van der Waals surface area contributed by atoms with Gasteiger partial charge in [-0.05, 0) is 33.1 Å². The van der Waals surface area contributed by atoms with Crippen molar-refractivity contribution >= 4 is 5.84 Å². The molecule has 0 amide bonds. The molecule has 0 spiro atoms. The molecule has 2 nitrogen and oxygen atoms in total. The van der Waals surface area contributed by atoms with E-state index in [2.05, 4.69) is 31.1 Å². The predicted octanol–water partition coefficient (Wildman–Crippen LogP) is 3.13. The number of nitrogens with zero attached hydrogens (tertiary/aromatic N) is 1. The van der Waals surface area contributed by atoms with Crippen molar-refractivity contribution in [2.75, 3.05) is 6.54 Å². The Kier molecular flexibility index (Phi) is 4.43. The molecule has 0 atom stereocenters. The van der Waals surface area contributed by atoms with Crippen LogP contribution in [0, 0.1) is 0 Å². The summed E-state index contributed by atoms with van der Waals surface area (Å²) in [5.41, 5.74) is 0.220. The van der Waals surface area contributed by atoms with Gasteiger partial charge in [-0.1, -0.05) is 19.8 Å². The van der Waals surface area contributed by atoms with E-state index < -0.39 is 0 Å². The van der Waals surface area contributed by atoms with Crippen LogP contribution < -0.4 is 5.32 Å². The third-order valence-electron chi connectivity index (χ3n) is 2.73. The predicted molar refractivity (Wildman–Crippen MR) is 62.9 cm³/mol. The molecule has 0 radical (unpaired) electrons. The normalized spacial score (nSPS) is 18.6. The van der Waals surface area contributed by atoms with Crippen LogP contribution in [0.25, 0.3) is 0 Å². The molecular formula is C12H24N2. The molecule has 0 aromatic rings. The van der Waals surface area contributed by atoms with Gasteiger partial charge in [0.1, 0.15) is 0 Å². The second-order valence-electron chi connectivity index (χ2n) is 4.90. The first-order valence-electron chi connectivity index (χ1n) is 5.95. The van der Waals surface area contributed by atoms with Gasteiger partial charge >= 0.3 is 0 Å². The average molecular weight is 196 g/mol. The van der Waals surface area contributed by atoms with Crippen LogP contribution in [0.2, 0.25) is 0 Å². The summed E-state index contributed by atoms with van der Waals surface area (Å²) in [7, 11) is 0. The average Bonchev–Trinajstić information content (AvgIpc) is 2.31. The first-order valence-corrected chi connectivity index (χ1v) is 5.95. The van der Waals surface area contributed by atoms with Gasteiger partial charge in [-0.25, -0.2) is 0 Å². The fourth-order valence-corrected chi connectivity index (χ4v) is 2.05. The van der Waals surface area contributed by atoms with Crippen molar-refractivity contribution < 1.29 is 0 Å². The van der Waals surface area contributed by atoms with Crippen molar-refractivity contribution in [3.05, 3.63) is 0 Å². The highest BCUT2D eigenvalue weighted by atomic mass is 15.0. The Labute approximate surface area is 88.2 Å². The topological polar surface area (TPSA) is 24.4 Å². The van der Waals surface area contributed by atoms with Crippen LogP contribution in [-0.4, -0.2) is 17.9 Å². The lowest BCUT2D eigenvalue weighted by atomic mass is 9.98. The minimum atomic E-state index is 0.220. The fraction of sp³-hybridized carbons (Fsp3) is 0.917. The van der Waals surface area contributed by atoms with E-state index in [-0.39, 0.29) is 5.54 Å². The molecule has 0 bridgehead atoms. The maximum absolute atomic E-state index is 4.60. The standard InChI is InChI=1S/C12H24N2/c1-4-9-12(2,3)14-11-8-6-5-7-10-13-11/h4-10H2,1-3H3,(H,13,14). The van der Waals surface area contributed by atoms with Crippen LogP contribution in [0.3, 0.4) is 0 Å². The van der Waals surface area contributed by atoms with Gasteiger partial charge in [0.05, 0.1) is 5.84 Å². The first kappa shape index (κ1) is 11.5. The van der Waals surface area contributed by atoms with E-state index in [9.17, 15) is 0 Å². The fourth-order valence-electron chi connectivity index (χ4n) is 2.05. The molecule has 82 valence electrons. The lowest BCUT2D eigenvalue weighted by molar-refractivity contribution is 0.417. The Morgan fingerprint density at radius 2 is 2.07 bits per heavy atom. The Morgan fingerprint density at radius 1 is 1.29 bits per heavy atom. The number of hydrogen-bond acceptors (Lipinski definition) is 2. The van der Waals surface area contributed by atoms with E-state index in [4.69, 9.17) is 0 Å². The van der Waals surface area contributed by atoms with Gasteiger partial charge in [0.25, 0.3) is 0 Å². The Bertz CT molecular complexity index is 194. The first-order chi connectivity index (χ1) is 6.64. The third-order valence-corrected chi connectivity index (χ3v) is 2.73. The number of nitrogens with one attached hydrogen (secondary N) is 1. The van der Waals surface area contributed by atoms with Crippen molar-refractivity contribution in [2.24, 2.45) is 4.99 Å². The van der Waals surface area contributed by atoms with Crippen LogP contribution in [0.15, 0.2) is 4.99 Å². The third kappa shape index (κ3) is 4.12. The largest absolute Gasteiger partial charge is 0.369 e. The van der Waals surface area contributed by atoms with Crippen LogP contribution in [0.4, 0.5) is 0 Å². The molecule has 1 aliphatic rings. The molecule has 0 saturated carbocycles. The summed E-state index contributed by atoms with van der Waals surface area (Å²) in [6, 6.07) is 0. The summed E-state index contributed by atoms with van der Waals surface area (Å²) in [6.45, 7) is 7.79. The van der Waals surface area contributed by atoms with Crippen molar-refractivity contribution in [3.8, 4) is 0 Å². The molecule has 1 heterocycles. The summed E-state index contributed by atoms with van der Waals surface area (Å²) in [5, 5.41) is 3.59. The number of hydrogen-bond donors (Lipinski definition) is 1. The van der Waals surface area contributed by atoms with E-state index in [1.165, 1.54) is 37.9 Å². The van der Waals surface area contributed by atoms with Gasteiger partial charge in [0.15, 0.2) is 0 Å². The zero-order valence-electron chi connectivity index (χ0n) is 9.90. The van der Waals surface area contributed by atoms with Gasteiger partial charge < -0.3 is 5.32 Å². The molecule has 0 aromatic heterocycles. The van der Waals surface area contributed by atoms with E-state index >= 15 is 0 Å². The molecule has 0 fully saturated rings. The van der Waals surface area contributed by atoms with Crippen LogP contribution in [0.5, 0.6) is 0 Å². The highest BCUT2D eigenvalue weighted by molar-refractivity contribution is 5.83. The van der Waals surface area contributed by atoms with Crippen molar-refractivity contribution in [1.82, 2.24) is 5.32 Å². The quantitative estimate of drug-likeness (QED) is 0.737. The van der Waals surface area contributed by atoms with Gasteiger partial charge in [-0.2, -0.15) is 0 Å². The minimum Gasteiger partial charge on any atom is -0.369 e. The summed E-state index contributed by atoms with van der Waals surface area (Å²) in [5.74, 6) is 1.24. The highest BCUT2D eigenvalue weighted by Gasteiger charge is 2.18. The summed E-state index contributed by atoms with van der Waals surface area (Å²) in [4.78, 5) is 4.60. The van der Waals surface area contributed by atoms with Gasteiger partial charge in [0.2, 0.25) is 0 Å². The SMILES string of the molecule is CCCC(C)(C)NC1=NCCCCC1. The number of amidine groups is 1. The lowest BCUT2D eigenvalue weighted by Gasteiger charge is -2.27. The second-order valence-corrected chi connectivity index (χ2v) is 4.90. The zero-order valence-corrected chi connectivity index (χ0v) is 9.90. The molecule has 0 aromatic carbocycles. The molecule has 1 aliphatic heterocycles. The lowest BCUT2D eigenvalue weighted by Crippen LogP contribution is -2.43. The van der Waals surface area contributed by atoms with Gasteiger partial charge in [-0.15, -0.1) is 0 Å². The van der Waals surface area contributed by atoms with E-state index in [1.54, 1.807) is 0 Å². The number of aliphatic imine (C=N–C) groups is 1. The smallest absolute Gasteiger partial charge is 0.0967 e. The molecule has 0 saturated heterocycles. The molecule has 1 N–H and O–H groups in total. The van der Waals surface area contributed by atoms with Crippen LogP contribution in [0.1, 0.15) is 59.3 Å². The van der Waals surface area contributed by atoms with Crippen LogP contribution >= 0.6 is 0 Å². The minimum absolute atomic E-state index is 0.220. The molecular weight excluding hydrogens is 172 g/mol. The summed E-state index contributed by atoms with van der Waals surface area (Å²) in [6.07, 6.45) is 7.49. The van der Waals surface area contributed by atoms with E-state index in [1.807, 2.05) is 0 Å². The van der Waals surface area contributed by atoms with Gasteiger partial charge in [-0.3, -0.25) is 4.99 Å². The Morgan fingerprint density at radius 3 is 2.79 bits per heavy atom. The van der Waals surface area contributed by atoms with Crippen molar-refractivity contribution in [1.29, 1.82) is 0 Å². The van der Waals surface area contributed by atoms with Crippen molar-refractivity contribution in [3.63, 3.8) is 0 Å². The molecule has 0 aliphatic carbocycles. The summed E-state index contributed by atoms with van der Waals surface area (Å²) >= 11 is 0. The van der Waals surface area contributed by atoms with Gasteiger partial charge in [0, 0.05) is 18.5 Å². The molecule has 1 rings (SSSR count).